The van der Waals surface area contributed by atoms with Crippen molar-refractivity contribution in [2.75, 3.05) is 65.7 Å². The fraction of sp³-hybridized carbons (Fsp3) is 0.543. The number of ether oxygens (including phenoxy) is 1. The van der Waals surface area contributed by atoms with Crippen LogP contribution in [0.2, 0.25) is 0 Å². The molecule has 1 aromatic heterocycles. The Morgan fingerprint density at radius 1 is 0.739 bits per heavy atom. The first-order chi connectivity index (χ1) is 22.3. The Balaban J connectivity index is 1.03. The van der Waals surface area contributed by atoms with Crippen LogP contribution in [0.15, 0.2) is 48.5 Å². The van der Waals surface area contributed by atoms with Gasteiger partial charge in [0.2, 0.25) is 11.9 Å². The summed E-state index contributed by atoms with van der Waals surface area (Å²) in [5.74, 6) is 2.14. The highest BCUT2D eigenvalue weighted by Crippen LogP contribution is 2.36. The molecule has 2 unspecified atom stereocenters. The Labute approximate surface area is 272 Å². The Kier molecular flexibility index (Phi) is 8.70. The number of benzene rings is 2. The molecule has 2 aromatic carbocycles. The smallest absolute Gasteiger partial charge is 0.323 e. The average Bonchev–Trinajstić information content (AvgIpc) is 3.53. The zero-order valence-electron chi connectivity index (χ0n) is 27.5. The fourth-order valence-electron chi connectivity index (χ4n) is 7.65. The van der Waals surface area contributed by atoms with Gasteiger partial charge in [-0.25, -0.2) is 4.79 Å². The summed E-state index contributed by atoms with van der Waals surface area (Å²) in [4.78, 5) is 37.4. The first kappa shape index (κ1) is 30.7. The molecule has 46 heavy (non-hydrogen) atoms. The van der Waals surface area contributed by atoms with Gasteiger partial charge in [-0.3, -0.25) is 0 Å². The zero-order valence-corrected chi connectivity index (χ0v) is 27.5. The van der Waals surface area contributed by atoms with Crippen molar-refractivity contribution in [2.24, 2.45) is 0 Å². The van der Waals surface area contributed by atoms with Crippen molar-refractivity contribution >= 4 is 35.0 Å². The van der Waals surface area contributed by atoms with Crippen LogP contribution in [0.5, 0.6) is 0 Å². The predicted molar refractivity (Wildman–Crippen MR) is 184 cm³/mol. The highest BCUT2D eigenvalue weighted by atomic mass is 16.5. The van der Waals surface area contributed by atoms with E-state index < -0.39 is 0 Å². The number of hydrogen-bond donors (Lipinski definition) is 2. The van der Waals surface area contributed by atoms with Gasteiger partial charge in [0, 0.05) is 53.8 Å². The number of urea groups is 1. The van der Waals surface area contributed by atoms with E-state index in [1.807, 2.05) is 36.4 Å². The van der Waals surface area contributed by atoms with E-state index in [-0.39, 0.29) is 6.03 Å². The third kappa shape index (κ3) is 6.35. The van der Waals surface area contributed by atoms with Crippen LogP contribution in [0.4, 0.5) is 33.8 Å². The number of fused-ring (bicyclic) bond motifs is 2. The van der Waals surface area contributed by atoms with E-state index >= 15 is 0 Å². The summed E-state index contributed by atoms with van der Waals surface area (Å²) in [5.41, 5.74) is 3.54. The highest BCUT2D eigenvalue weighted by Gasteiger charge is 2.40. The molecular weight excluding hydrogens is 578 g/mol. The van der Waals surface area contributed by atoms with E-state index in [1.165, 1.54) is 5.69 Å². The number of aromatic nitrogens is 3. The maximum Gasteiger partial charge on any atom is 0.323 e. The summed E-state index contributed by atoms with van der Waals surface area (Å²) in [5, 5.41) is 5.93. The van der Waals surface area contributed by atoms with Gasteiger partial charge in [0.15, 0.2) is 5.82 Å². The maximum atomic E-state index is 12.9. The monoisotopic (exact) mass is 625 g/mol. The third-order valence-corrected chi connectivity index (χ3v) is 10.4. The minimum atomic E-state index is -0.281. The number of nitrogens with one attached hydrogen (secondary N) is 2. The zero-order chi connectivity index (χ0) is 31.8. The molecule has 4 atom stereocenters. The molecule has 0 radical (unpaired) electrons. The van der Waals surface area contributed by atoms with Crippen molar-refractivity contribution in [3.8, 4) is 11.4 Å². The van der Waals surface area contributed by atoms with Gasteiger partial charge in [0.25, 0.3) is 0 Å². The summed E-state index contributed by atoms with van der Waals surface area (Å²) in [6, 6.07) is 17.6. The van der Waals surface area contributed by atoms with Crippen LogP contribution >= 0.6 is 0 Å². The molecule has 2 bridgehead atoms. The van der Waals surface area contributed by atoms with E-state index in [1.54, 1.807) is 0 Å². The van der Waals surface area contributed by atoms with Gasteiger partial charge in [-0.15, -0.1) is 0 Å². The second-order valence-electron chi connectivity index (χ2n) is 13.7. The van der Waals surface area contributed by atoms with Gasteiger partial charge in [-0.1, -0.05) is 0 Å². The number of piperidine rings is 1. The molecule has 3 aromatic rings. The molecule has 4 saturated heterocycles. The summed E-state index contributed by atoms with van der Waals surface area (Å²) < 4.78 is 5.84. The summed E-state index contributed by atoms with van der Waals surface area (Å²) in [6.07, 6.45) is 6.77. The van der Waals surface area contributed by atoms with Crippen molar-refractivity contribution in [1.82, 2.24) is 19.9 Å². The number of anilines is 5. The van der Waals surface area contributed by atoms with Crippen molar-refractivity contribution in [3.63, 3.8) is 0 Å². The molecule has 5 heterocycles. The van der Waals surface area contributed by atoms with Crippen LogP contribution in [0.3, 0.4) is 0 Å². The van der Waals surface area contributed by atoms with Crippen molar-refractivity contribution in [2.45, 2.75) is 82.6 Å². The molecule has 4 aliphatic rings. The van der Waals surface area contributed by atoms with E-state index in [2.05, 4.69) is 70.3 Å². The quantitative estimate of drug-likeness (QED) is 0.355. The molecule has 11 heteroatoms. The highest BCUT2D eigenvalue weighted by molar-refractivity contribution is 6.00. The van der Waals surface area contributed by atoms with Crippen LogP contribution in [0.1, 0.15) is 52.4 Å². The lowest BCUT2D eigenvalue weighted by molar-refractivity contribution is 0.0897. The van der Waals surface area contributed by atoms with Crippen LogP contribution < -0.4 is 25.3 Å². The Hall–Kier alpha value is -3.96. The van der Waals surface area contributed by atoms with Crippen molar-refractivity contribution in [3.05, 3.63) is 48.5 Å². The fourth-order valence-corrected chi connectivity index (χ4v) is 7.65. The number of hydrogen-bond acceptors (Lipinski definition) is 9. The van der Waals surface area contributed by atoms with Crippen molar-refractivity contribution in [1.29, 1.82) is 0 Å². The number of carbonyl (C=O) groups is 1. The minimum Gasteiger partial charge on any atom is -0.377 e. The molecule has 0 spiro atoms. The van der Waals surface area contributed by atoms with Gasteiger partial charge in [-0.05, 0) is 115 Å². The first-order valence-corrected chi connectivity index (χ1v) is 16.9. The van der Waals surface area contributed by atoms with Crippen LogP contribution in [-0.2, 0) is 4.74 Å². The maximum absolute atomic E-state index is 12.9. The SMILES string of the molecule is C[C@@H]1CC[C@H](C)N1c1nc(-c2ccc(NC(=O)Nc3ccc(N4CCC(N(C)C)CC4)cc3)cc2)nc(N2C3CCC2COC3)n1. The molecule has 2 amide bonds. The molecule has 11 nitrogen and oxygen atoms in total. The lowest BCUT2D eigenvalue weighted by atomic mass is 10.0. The largest absolute Gasteiger partial charge is 0.377 e. The van der Waals surface area contributed by atoms with Gasteiger partial charge in [0.05, 0.1) is 25.3 Å². The van der Waals surface area contributed by atoms with Crippen LogP contribution in [0.25, 0.3) is 11.4 Å². The van der Waals surface area contributed by atoms with E-state index in [4.69, 9.17) is 19.7 Å². The third-order valence-electron chi connectivity index (χ3n) is 10.4. The lowest BCUT2D eigenvalue weighted by Crippen LogP contribution is -2.47. The number of morpholine rings is 1. The van der Waals surface area contributed by atoms with Crippen LogP contribution in [-0.4, -0.2) is 96.5 Å². The second-order valence-corrected chi connectivity index (χ2v) is 13.7. The topological polar surface area (TPSA) is 102 Å². The first-order valence-electron chi connectivity index (χ1n) is 16.9. The van der Waals surface area contributed by atoms with Gasteiger partial charge >= 0.3 is 6.03 Å². The average molecular weight is 626 g/mol. The predicted octanol–water partition coefficient (Wildman–Crippen LogP) is 5.46. The summed E-state index contributed by atoms with van der Waals surface area (Å²) >= 11 is 0. The molecule has 0 saturated carbocycles. The summed E-state index contributed by atoms with van der Waals surface area (Å²) in [7, 11) is 4.32. The summed E-state index contributed by atoms with van der Waals surface area (Å²) in [6.45, 7) is 8.02. The Morgan fingerprint density at radius 2 is 1.28 bits per heavy atom. The number of carbonyl (C=O) groups excluding carboxylic acids is 1. The molecule has 0 aliphatic carbocycles. The van der Waals surface area contributed by atoms with Crippen LogP contribution in [0, 0.1) is 0 Å². The molecule has 4 aliphatic heterocycles. The second kappa shape index (κ2) is 13.0. The number of rotatable bonds is 7. The minimum absolute atomic E-state index is 0.281. The van der Waals surface area contributed by atoms with Crippen molar-refractivity contribution < 1.29 is 9.53 Å². The Bertz CT molecular complexity index is 1480. The van der Waals surface area contributed by atoms with Gasteiger partial charge in [0.1, 0.15) is 0 Å². The molecule has 7 rings (SSSR count). The normalized spacial score (nSPS) is 24.9. The molecular formula is C35H47N9O2. The number of nitrogens with zero attached hydrogens (tertiary/aromatic N) is 7. The lowest BCUT2D eigenvalue weighted by Gasteiger charge is -2.36. The van der Waals surface area contributed by atoms with Gasteiger partial charge < -0.3 is 35.0 Å². The number of amides is 2. The van der Waals surface area contributed by atoms with E-state index in [0.29, 0.717) is 54.9 Å². The van der Waals surface area contributed by atoms with E-state index in [9.17, 15) is 4.79 Å². The standard InChI is InChI=1S/C35H47N9O2/c1-23-5-6-24(2)43(23)33-38-32(39-34(40-33)44-30-15-16-31(44)22-46-21-30)25-7-9-26(10-8-25)36-35(45)37-27-11-13-29(14-12-27)42-19-17-28(18-20-42)41(3)4/h7-14,23-24,28,30-31H,5-6,15-22H2,1-4H3,(H2,36,37,45)/t23-,24+,30?,31?. The van der Waals surface area contributed by atoms with Gasteiger partial charge in [-0.2, -0.15) is 15.0 Å². The van der Waals surface area contributed by atoms with E-state index in [0.717, 1.165) is 74.8 Å². The Morgan fingerprint density at radius 3 is 1.85 bits per heavy atom. The molecule has 244 valence electrons. The molecule has 4 fully saturated rings. The molecule has 2 N–H and O–H groups in total.